The molecular formula is C8H9N2. The zero-order chi connectivity index (χ0) is 6.81. The normalized spacial score (nSPS) is 16.8. The van der Waals surface area contributed by atoms with Crippen LogP contribution in [0.2, 0.25) is 0 Å². The van der Waals surface area contributed by atoms with E-state index in [4.69, 9.17) is 0 Å². The standard InChI is InChI=1S/C8H9N2/c1-2-7(1)10-8-3-5-9-6-4-8/h3,5-7H,1-2H2,(H,9,10). The van der Waals surface area contributed by atoms with Crippen LogP contribution in [0, 0.1) is 6.07 Å². The van der Waals surface area contributed by atoms with Gasteiger partial charge in [-0.05, 0) is 18.9 Å². The van der Waals surface area contributed by atoms with Gasteiger partial charge in [0, 0.05) is 30.2 Å². The number of nitrogens with one attached hydrogen (secondary N) is 1. The first-order chi connectivity index (χ1) is 4.95. The molecule has 10 heavy (non-hydrogen) atoms. The Balaban J connectivity index is 2.03. The van der Waals surface area contributed by atoms with Crippen LogP contribution >= 0.6 is 0 Å². The molecular weight excluding hydrogens is 124 g/mol. The molecule has 1 fully saturated rings. The Morgan fingerprint density at radius 2 is 2.50 bits per heavy atom. The van der Waals surface area contributed by atoms with Crippen molar-refractivity contribution in [3.05, 3.63) is 24.5 Å². The van der Waals surface area contributed by atoms with E-state index in [9.17, 15) is 0 Å². The maximum absolute atomic E-state index is 3.88. The van der Waals surface area contributed by atoms with E-state index >= 15 is 0 Å². The van der Waals surface area contributed by atoms with E-state index in [2.05, 4.69) is 16.4 Å². The van der Waals surface area contributed by atoms with Crippen molar-refractivity contribution in [3.63, 3.8) is 0 Å². The fourth-order valence-corrected chi connectivity index (χ4v) is 0.853. The maximum Gasteiger partial charge on any atom is 0.0454 e. The smallest absolute Gasteiger partial charge is 0.0454 e. The van der Waals surface area contributed by atoms with Crippen LogP contribution < -0.4 is 5.32 Å². The fourth-order valence-electron chi connectivity index (χ4n) is 0.853. The van der Waals surface area contributed by atoms with Crippen LogP contribution in [0.5, 0.6) is 0 Å². The summed E-state index contributed by atoms with van der Waals surface area (Å²) >= 11 is 0. The zero-order valence-corrected chi connectivity index (χ0v) is 5.67. The fraction of sp³-hybridized carbons (Fsp3) is 0.375. The Morgan fingerprint density at radius 3 is 3.10 bits per heavy atom. The maximum atomic E-state index is 3.88. The highest BCUT2D eigenvalue weighted by molar-refractivity contribution is 5.41. The molecule has 1 saturated carbocycles. The Labute approximate surface area is 60.3 Å². The molecule has 0 atom stereocenters. The van der Waals surface area contributed by atoms with Gasteiger partial charge in [0.1, 0.15) is 0 Å². The predicted molar refractivity (Wildman–Crippen MR) is 39.7 cm³/mol. The first-order valence-corrected chi connectivity index (χ1v) is 3.53. The molecule has 0 unspecified atom stereocenters. The second-order valence-corrected chi connectivity index (χ2v) is 2.57. The molecule has 1 radical (unpaired) electrons. The summed E-state index contributed by atoms with van der Waals surface area (Å²) in [4.78, 5) is 3.88. The third-order valence-corrected chi connectivity index (χ3v) is 1.56. The summed E-state index contributed by atoms with van der Waals surface area (Å²) < 4.78 is 0. The van der Waals surface area contributed by atoms with Crippen molar-refractivity contribution in [1.29, 1.82) is 0 Å². The average molecular weight is 133 g/mol. The van der Waals surface area contributed by atoms with Crippen LogP contribution in [0.3, 0.4) is 0 Å². The van der Waals surface area contributed by atoms with Gasteiger partial charge in [-0.2, -0.15) is 0 Å². The molecule has 1 aromatic rings. The first-order valence-electron chi connectivity index (χ1n) is 3.53. The SMILES string of the molecule is [c]1cnccc1NC1CC1. The van der Waals surface area contributed by atoms with Crippen LogP contribution in [0.1, 0.15) is 12.8 Å². The van der Waals surface area contributed by atoms with Gasteiger partial charge in [0.05, 0.1) is 0 Å². The summed E-state index contributed by atoms with van der Waals surface area (Å²) in [7, 11) is 0. The average Bonchev–Trinajstić information content (AvgIpc) is 2.74. The van der Waals surface area contributed by atoms with Gasteiger partial charge in [0.15, 0.2) is 0 Å². The van der Waals surface area contributed by atoms with Gasteiger partial charge < -0.3 is 5.32 Å². The van der Waals surface area contributed by atoms with Gasteiger partial charge in [0.2, 0.25) is 0 Å². The number of aromatic nitrogens is 1. The van der Waals surface area contributed by atoms with Crippen LogP contribution in [-0.2, 0) is 0 Å². The summed E-state index contributed by atoms with van der Waals surface area (Å²) in [6.45, 7) is 0. The quantitative estimate of drug-likeness (QED) is 0.660. The molecule has 1 aliphatic carbocycles. The molecule has 1 heterocycles. The summed E-state index contributed by atoms with van der Waals surface area (Å²) in [6, 6.07) is 5.67. The van der Waals surface area contributed by atoms with E-state index in [1.807, 2.05) is 6.07 Å². The van der Waals surface area contributed by atoms with Crippen molar-refractivity contribution in [2.45, 2.75) is 18.9 Å². The molecule has 0 aliphatic heterocycles. The summed E-state index contributed by atoms with van der Waals surface area (Å²) in [5.74, 6) is 0. The molecule has 2 heteroatoms. The van der Waals surface area contributed by atoms with Gasteiger partial charge in [-0.1, -0.05) is 0 Å². The third kappa shape index (κ3) is 1.26. The Hall–Kier alpha value is -1.05. The van der Waals surface area contributed by atoms with E-state index in [1.54, 1.807) is 12.4 Å². The highest BCUT2D eigenvalue weighted by Gasteiger charge is 2.20. The lowest BCUT2D eigenvalue weighted by Gasteiger charge is -2.00. The molecule has 0 bridgehead atoms. The molecule has 51 valence electrons. The number of nitrogens with zero attached hydrogens (tertiary/aromatic N) is 1. The Morgan fingerprint density at radius 1 is 1.60 bits per heavy atom. The minimum absolute atomic E-state index is 0.707. The molecule has 0 saturated heterocycles. The highest BCUT2D eigenvalue weighted by Crippen LogP contribution is 2.23. The largest absolute Gasteiger partial charge is 0.382 e. The van der Waals surface area contributed by atoms with Crippen molar-refractivity contribution >= 4 is 5.69 Å². The van der Waals surface area contributed by atoms with Crippen molar-refractivity contribution in [1.82, 2.24) is 4.98 Å². The molecule has 2 rings (SSSR count). The second kappa shape index (κ2) is 2.29. The van der Waals surface area contributed by atoms with Crippen molar-refractivity contribution in [3.8, 4) is 0 Å². The third-order valence-electron chi connectivity index (χ3n) is 1.56. The van der Waals surface area contributed by atoms with Crippen molar-refractivity contribution in [2.24, 2.45) is 0 Å². The van der Waals surface area contributed by atoms with Gasteiger partial charge in [-0.25, -0.2) is 0 Å². The van der Waals surface area contributed by atoms with E-state index in [0.717, 1.165) is 5.69 Å². The first kappa shape index (κ1) is 5.71. The molecule has 0 spiro atoms. The lowest BCUT2D eigenvalue weighted by atomic mass is 10.4. The van der Waals surface area contributed by atoms with E-state index < -0.39 is 0 Å². The second-order valence-electron chi connectivity index (χ2n) is 2.57. The van der Waals surface area contributed by atoms with Gasteiger partial charge in [-0.15, -0.1) is 0 Å². The lowest BCUT2D eigenvalue weighted by Crippen LogP contribution is -2.00. The minimum Gasteiger partial charge on any atom is -0.382 e. The number of pyridine rings is 1. The van der Waals surface area contributed by atoms with E-state index in [1.165, 1.54) is 12.8 Å². The zero-order valence-electron chi connectivity index (χ0n) is 5.67. The number of anilines is 1. The molecule has 1 aliphatic rings. The Bertz CT molecular complexity index is 204. The summed E-state index contributed by atoms with van der Waals surface area (Å²) in [6.07, 6.45) is 6.07. The van der Waals surface area contributed by atoms with Gasteiger partial charge >= 0.3 is 0 Å². The highest BCUT2D eigenvalue weighted by atomic mass is 15.0. The Kier molecular flexibility index (Phi) is 1.31. The lowest BCUT2D eigenvalue weighted by molar-refractivity contribution is 1.15. The van der Waals surface area contributed by atoms with Crippen molar-refractivity contribution < 1.29 is 0 Å². The molecule has 0 amide bonds. The van der Waals surface area contributed by atoms with Crippen molar-refractivity contribution in [2.75, 3.05) is 5.32 Å². The number of hydrogen-bond donors (Lipinski definition) is 1. The van der Waals surface area contributed by atoms with Gasteiger partial charge in [0.25, 0.3) is 0 Å². The molecule has 0 aromatic carbocycles. The molecule has 1 N–H and O–H groups in total. The number of rotatable bonds is 2. The minimum atomic E-state index is 0.707. The predicted octanol–water partition coefficient (Wildman–Crippen LogP) is 1.46. The van der Waals surface area contributed by atoms with Crippen LogP contribution in [0.15, 0.2) is 18.5 Å². The van der Waals surface area contributed by atoms with Gasteiger partial charge in [-0.3, -0.25) is 4.98 Å². The summed E-state index contributed by atoms with van der Waals surface area (Å²) in [5, 5.41) is 3.32. The molecule has 2 nitrogen and oxygen atoms in total. The number of hydrogen-bond acceptors (Lipinski definition) is 2. The topological polar surface area (TPSA) is 24.9 Å². The van der Waals surface area contributed by atoms with Crippen LogP contribution in [0.4, 0.5) is 5.69 Å². The van der Waals surface area contributed by atoms with Crippen LogP contribution in [-0.4, -0.2) is 11.0 Å². The summed E-state index contributed by atoms with van der Waals surface area (Å²) in [5.41, 5.74) is 1.07. The molecule has 1 aromatic heterocycles. The van der Waals surface area contributed by atoms with E-state index in [-0.39, 0.29) is 0 Å². The van der Waals surface area contributed by atoms with E-state index in [0.29, 0.717) is 6.04 Å². The van der Waals surface area contributed by atoms with Crippen LogP contribution in [0.25, 0.3) is 0 Å². The monoisotopic (exact) mass is 133 g/mol.